The van der Waals surface area contributed by atoms with Crippen LogP contribution in [0.2, 0.25) is 0 Å². The Morgan fingerprint density at radius 1 is 1.11 bits per heavy atom. The predicted molar refractivity (Wildman–Crippen MR) is 96.5 cm³/mol. The normalized spacial score (nSPS) is 10.7. The topological polar surface area (TPSA) is 105 Å². The van der Waals surface area contributed by atoms with E-state index in [9.17, 15) is 4.39 Å². The molecule has 4 rings (SSSR count). The first-order valence-corrected chi connectivity index (χ1v) is 7.96. The van der Waals surface area contributed by atoms with Crippen LogP contribution in [0, 0.1) is 5.82 Å². The second-order valence-corrected chi connectivity index (χ2v) is 5.63. The maximum absolute atomic E-state index is 13.8. The molecule has 3 heterocycles. The molecule has 0 aliphatic carbocycles. The first-order chi connectivity index (χ1) is 13.2. The Morgan fingerprint density at radius 2 is 2.00 bits per heavy atom. The van der Waals surface area contributed by atoms with Crippen molar-refractivity contribution in [2.45, 2.75) is 0 Å². The zero-order valence-corrected chi connectivity index (χ0v) is 14.2. The fourth-order valence-corrected chi connectivity index (χ4v) is 2.69. The van der Waals surface area contributed by atoms with Gasteiger partial charge in [-0.25, -0.2) is 9.37 Å². The summed E-state index contributed by atoms with van der Waals surface area (Å²) in [5.41, 5.74) is 8.59. The summed E-state index contributed by atoms with van der Waals surface area (Å²) in [6.45, 7) is 0. The third-order valence-electron chi connectivity index (χ3n) is 3.99. The van der Waals surface area contributed by atoms with E-state index < -0.39 is 5.82 Å². The first kappa shape index (κ1) is 16.6. The molecule has 0 saturated heterocycles. The molecule has 0 saturated carbocycles. The van der Waals surface area contributed by atoms with Gasteiger partial charge in [0.15, 0.2) is 5.82 Å². The van der Waals surface area contributed by atoms with E-state index in [1.165, 1.54) is 30.0 Å². The van der Waals surface area contributed by atoms with Gasteiger partial charge in [0.05, 0.1) is 12.7 Å². The van der Waals surface area contributed by atoms with Crippen LogP contribution in [0.1, 0.15) is 0 Å². The van der Waals surface area contributed by atoms with Crippen LogP contribution in [0.15, 0.2) is 55.0 Å². The lowest BCUT2D eigenvalue weighted by Gasteiger charge is -2.11. The van der Waals surface area contributed by atoms with Crippen LogP contribution in [0.25, 0.3) is 28.2 Å². The SMILES string of the molecule is COc1ccc(F)cc1-n1nnnc1-c1cc(-c2cccnc2)cnc1N. The van der Waals surface area contributed by atoms with Crippen molar-refractivity contribution >= 4 is 5.82 Å². The highest BCUT2D eigenvalue weighted by molar-refractivity contribution is 5.76. The van der Waals surface area contributed by atoms with Crippen LogP contribution in [0.3, 0.4) is 0 Å². The number of nitrogen functional groups attached to an aromatic ring is 1. The standard InChI is InChI=1S/C18H14FN7O/c1-27-16-5-4-13(19)8-15(16)26-18(23-24-25-26)14-7-12(10-22-17(14)20)11-3-2-6-21-9-11/h2-10H,1H3,(H2,20,22). The lowest BCUT2D eigenvalue weighted by Crippen LogP contribution is -2.05. The van der Waals surface area contributed by atoms with Gasteiger partial charge in [-0.3, -0.25) is 4.98 Å². The number of halogens is 1. The summed E-state index contributed by atoms with van der Waals surface area (Å²) in [5, 5.41) is 11.7. The number of aromatic nitrogens is 6. The van der Waals surface area contributed by atoms with Gasteiger partial charge in [0.25, 0.3) is 0 Å². The Morgan fingerprint density at radius 3 is 2.78 bits per heavy atom. The van der Waals surface area contributed by atoms with Crippen LogP contribution in [0.5, 0.6) is 5.75 Å². The Bertz CT molecular complexity index is 1100. The minimum Gasteiger partial charge on any atom is -0.494 e. The maximum Gasteiger partial charge on any atom is 0.190 e. The van der Waals surface area contributed by atoms with E-state index in [1.807, 2.05) is 18.2 Å². The molecule has 0 bridgehead atoms. The molecule has 0 spiro atoms. The largest absolute Gasteiger partial charge is 0.494 e. The van der Waals surface area contributed by atoms with Crippen LogP contribution in [-0.2, 0) is 0 Å². The fraction of sp³-hybridized carbons (Fsp3) is 0.0556. The molecule has 1 aromatic carbocycles. The zero-order chi connectivity index (χ0) is 18.8. The Hall–Kier alpha value is -3.88. The highest BCUT2D eigenvalue weighted by Gasteiger charge is 2.18. The molecule has 2 N–H and O–H groups in total. The van der Waals surface area contributed by atoms with Crippen molar-refractivity contribution in [3.63, 3.8) is 0 Å². The molecule has 4 aromatic rings. The highest BCUT2D eigenvalue weighted by atomic mass is 19.1. The van der Waals surface area contributed by atoms with Crippen LogP contribution < -0.4 is 10.5 Å². The van der Waals surface area contributed by atoms with Gasteiger partial charge >= 0.3 is 0 Å². The third kappa shape index (κ3) is 3.06. The second kappa shape index (κ2) is 6.79. The van der Waals surface area contributed by atoms with Crippen LogP contribution >= 0.6 is 0 Å². The number of nitrogens with zero attached hydrogens (tertiary/aromatic N) is 6. The number of anilines is 1. The number of pyridine rings is 2. The van der Waals surface area contributed by atoms with Crippen molar-refractivity contribution in [1.82, 2.24) is 30.2 Å². The number of hydrogen-bond acceptors (Lipinski definition) is 7. The number of hydrogen-bond donors (Lipinski definition) is 1. The van der Waals surface area contributed by atoms with E-state index in [1.54, 1.807) is 18.6 Å². The van der Waals surface area contributed by atoms with E-state index in [-0.39, 0.29) is 5.82 Å². The Kier molecular flexibility index (Phi) is 4.17. The van der Waals surface area contributed by atoms with E-state index >= 15 is 0 Å². The highest BCUT2D eigenvalue weighted by Crippen LogP contribution is 2.31. The van der Waals surface area contributed by atoms with E-state index in [0.717, 1.165) is 11.1 Å². The van der Waals surface area contributed by atoms with E-state index in [4.69, 9.17) is 10.5 Å². The van der Waals surface area contributed by atoms with Crippen molar-refractivity contribution in [2.75, 3.05) is 12.8 Å². The summed E-state index contributed by atoms with van der Waals surface area (Å²) in [6, 6.07) is 9.63. The second-order valence-electron chi connectivity index (χ2n) is 5.63. The average molecular weight is 363 g/mol. The molecule has 8 nitrogen and oxygen atoms in total. The average Bonchev–Trinajstić information content (AvgIpc) is 3.18. The van der Waals surface area contributed by atoms with Gasteiger partial charge in [0.1, 0.15) is 23.1 Å². The lowest BCUT2D eigenvalue weighted by molar-refractivity contribution is 0.410. The first-order valence-electron chi connectivity index (χ1n) is 7.96. The molecule has 0 fully saturated rings. The minimum absolute atomic E-state index is 0.245. The molecule has 134 valence electrons. The summed E-state index contributed by atoms with van der Waals surface area (Å²) < 4.78 is 20.5. The molecule has 0 unspecified atom stereocenters. The van der Waals surface area contributed by atoms with Crippen LogP contribution in [-0.4, -0.2) is 37.3 Å². The van der Waals surface area contributed by atoms with Gasteiger partial charge in [-0.15, -0.1) is 5.10 Å². The van der Waals surface area contributed by atoms with E-state index in [2.05, 4.69) is 25.5 Å². The number of benzene rings is 1. The van der Waals surface area contributed by atoms with Gasteiger partial charge in [0, 0.05) is 35.8 Å². The summed E-state index contributed by atoms with van der Waals surface area (Å²) in [7, 11) is 1.49. The molecular weight excluding hydrogens is 349 g/mol. The van der Waals surface area contributed by atoms with Crippen molar-refractivity contribution in [1.29, 1.82) is 0 Å². The number of ether oxygens (including phenoxy) is 1. The molecule has 0 radical (unpaired) electrons. The van der Waals surface area contributed by atoms with Gasteiger partial charge < -0.3 is 10.5 Å². The Labute approximate surface area is 153 Å². The molecule has 0 atom stereocenters. The van der Waals surface area contributed by atoms with Gasteiger partial charge in [0.2, 0.25) is 0 Å². The number of nitrogens with two attached hydrogens (primary N) is 1. The minimum atomic E-state index is -0.442. The van der Waals surface area contributed by atoms with E-state index in [0.29, 0.717) is 22.8 Å². The Balaban J connectivity index is 1.88. The maximum atomic E-state index is 13.8. The molecule has 0 aliphatic heterocycles. The molecule has 3 aromatic heterocycles. The summed E-state index contributed by atoms with van der Waals surface area (Å²) in [4.78, 5) is 8.35. The smallest absolute Gasteiger partial charge is 0.190 e. The molecule has 27 heavy (non-hydrogen) atoms. The third-order valence-corrected chi connectivity index (χ3v) is 3.99. The monoisotopic (exact) mass is 363 g/mol. The zero-order valence-electron chi connectivity index (χ0n) is 14.2. The molecular formula is C18H14FN7O. The quantitative estimate of drug-likeness (QED) is 0.594. The fourth-order valence-electron chi connectivity index (χ4n) is 2.69. The lowest BCUT2D eigenvalue weighted by atomic mass is 10.1. The predicted octanol–water partition coefficient (Wildman–Crippen LogP) is 2.52. The summed E-state index contributed by atoms with van der Waals surface area (Å²) >= 11 is 0. The number of rotatable bonds is 4. The van der Waals surface area contributed by atoms with Crippen molar-refractivity contribution < 1.29 is 9.13 Å². The number of tetrazole rings is 1. The molecule has 0 aliphatic rings. The van der Waals surface area contributed by atoms with Gasteiger partial charge in [-0.2, -0.15) is 4.68 Å². The van der Waals surface area contributed by atoms with Crippen molar-refractivity contribution in [2.24, 2.45) is 0 Å². The molecule has 9 heteroatoms. The van der Waals surface area contributed by atoms with Gasteiger partial charge in [-0.1, -0.05) is 6.07 Å². The van der Waals surface area contributed by atoms with Crippen LogP contribution in [0.4, 0.5) is 10.2 Å². The summed E-state index contributed by atoms with van der Waals surface area (Å²) in [5.74, 6) is 0.533. The number of methoxy groups -OCH3 is 1. The summed E-state index contributed by atoms with van der Waals surface area (Å²) in [6.07, 6.45) is 5.05. The van der Waals surface area contributed by atoms with Gasteiger partial charge in [-0.05, 0) is 34.7 Å². The molecule has 0 amide bonds. The van der Waals surface area contributed by atoms with Crippen molar-refractivity contribution in [3.8, 4) is 34.0 Å². The van der Waals surface area contributed by atoms with Crippen molar-refractivity contribution in [3.05, 3.63) is 60.8 Å².